The first-order chi connectivity index (χ1) is 2.91. The highest BCUT2D eigenvalue weighted by Crippen LogP contribution is 1.56. The highest BCUT2D eigenvalue weighted by molar-refractivity contribution is 5.97. The van der Waals surface area contributed by atoms with Gasteiger partial charge in [-0.05, 0) is 7.05 Å². The maximum atomic E-state index is 4.86. The number of hydrogen-bond acceptors (Lipinski definition) is 2. The molecule has 0 saturated heterocycles. The van der Waals surface area contributed by atoms with Gasteiger partial charge in [0.1, 0.15) is 10.5 Å². The van der Waals surface area contributed by atoms with E-state index >= 15 is 0 Å². The molecule has 0 aromatic carbocycles. The summed E-state index contributed by atoms with van der Waals surface area (Å²) in [5, 5.41) is 2.97. The predicted molar refractivity (Wildman–Crippen MR) is 29.8 cm³/mol. The maximum absolute atomic E-state index is 4.86. The zero-order valence-corrected chi connectivity index (χ0v) is 6.32. The molecule has 0 unspecified atom stereocenters. The van der Waals surface area contributed by atoms with Crippen LogP contribution < -0.4 is 5.32 Å². The summed E-state index contributed by atoms with van der Waals surface area (Å²) in [6, 6.07) is 0. The van der Waals surface area contributed by atoms with E-state index in [1.54, 1.807) is 0 Å². The third-order valence-corrected chi connectivity index (χ3v) is 0.964. The highest BCUT2D eigenvalue weighted by atomic mass is 28.2. The van der Waals surface area contributed by atoms with E-state index in [1.165, 1.54) is 0 Å². The van der Waals surface area contributed by atoms with E-state index in [0.717, 1.165) is 23.6 Å². The standard InChI is InChI=1S/C3H11NOSi/c1-4-2-3-5-6/h4H,2-3H2,1,6H3. The van der Waals surface area contributed by atoms with Crippen LogP contribution >= 0.6 is 0 Å². The first-order valence-electron chi connectivity index (χ1n) is 2.05. The van der Waals surface area contributed by atoms with E-state index in [9.17, 15) is 0 Å². The minimum Gasteiger partial charge on any atom is -0.427 e. The minimum atomic E-state index is 0.863. The third kappa shape index (κ3) is 4.14. The fourth-order valence-corrected chi connectivity index (χ4v) is 0.408. The molecule has 0 saturated carbocycles. The van der Waals surface area contributed by atoms with E-state index in [-0.39, 0.29) is 0 Å². The van der Waals surface area contributed by atoms with E-state index in [1.807, 2.05) is 7.05 Å². The van der Waals surface area contributed by atoms with Crippen LogP contribution in [0.3, 0.4) is 0 Å². The van der Waals surface area contributed by atoms with Crippen molar-refractivity contribution in [3.63, 3.8) is 0 Å². The lowest BCUT2D eigenvalue weighted by Gasteiger charge is -1.92. The second-order valence-electron chi connectivity index (χ2n) is 1.10. The van der Waals surface area contributed by atoms with Crippen molar-refractivity contribution in [2.24, 2.45) is 0 Å². The molecule has 0 aliphatic heterocycles. The Bertz CT molecular complexity index is 22.8. The number of nitrogens with one attached hydrogen (secondary N) is 1. The molecule has 0 aromatic heterocycles. The van der Waals surface area contributed by atoms with E-state index in [2.05, 4.69) is 5.32 Å². The molecule has 0 atom stereocenters. The molecule has 0 spiro atoms. The summed E-state index contributed by atoms with van der Waals surface area (Å²) in [4.78, 5) is 0. The van der Waals surface area contributed by atoms with Gasteiger partial charge in [0.05, 0.1) is 0 Å². The summed E-state index contributed by atoms with van der Waals surface area (Å²) in [6.45, 7) is 1.84. The van der Waals surface area contributed by atoms with Crippen molar-refractivity contribution < 1.29 is 4.43 Å². The first kappa shape index (κ1) is 6.14. The Morgan fingerprint density at radius 3 is 2.67 bits per heavy atom. The van der Waals surface area contributed by atoms with Crippen LogP contribution in [0.1, 0.15) is 0 Å². The molecule has 0 fully saturated rings. The Kier molecular flexibility index (Phi) is 5.25. The van der Waals surface area contributed by atoms with Gasteiger partial charge in [0, 0.05) is 13.2 Å². The second kappa shape index (κ2) is 5.14. The average molecular weight is 105 g/mol. The van der Waals surface area contributed by atoms with Gasteiger partial charge >= 0.3 is 0 Å². The van der Waals surface area contributed by atoms with Crippen LogP contribution in [-0.2, 0) is 4.43 Å². The molecule has 0 amide bonds. The fraction of sp³-hybridized carbons (Fsp3) is 1.00. The lowest BCUT2D eigenvalue weighted by Crippen LogP contribution is -2.12. The minimum absolute atomic E-state index is 0.863. The summed E-state index contributed by atoms with van der Waals surface area (Å²) in [5.74, 6) is 0. The third-order valence-electron chi connectivity index (χ3n) is 0.556. The van der Waals surface area contributed by atoms with Gasteiger partial charge in [0.2, 0.25) is 0 Å². The zero-order valence-electron chi connectivity index (χ0n) is 4.32. The molecule has 38 valence electrons. The molecule has 0 aromatic rings. The molecule has 3 heteroatoms. The van der Waals surface area contributed by atoms with Gasteiger partial charge in [-0.25, -0.2) is 0 Å². The van der Waals surface area contributed by atoms with E-state index < -0.39 is 0 Å². The van der Waals surface area contributed by atoms with Crippen molar-refractivity contribution in [1.82, 2.24) is 5.32 Å². The summed E-state index contributed by atoms with van der Waals surface area (Å²) in [5.41, 5.74) is 0. The van der Waals surface area contributed by atoms with Crippen LogP contribution in [0, 0.1) is 0 Å². The van der Waals surface area contributed by atoms with Crippen LogP contribution in [0.4, 0.5) is 0 Å². The van der Waals surface area contributed by atoms with Gasteiger partial charge in [0.15, 0.2) is 0 Å². The fourth-order valence-electron chi connectivity index (χ4n) is 0.204. The quantitative estimate of drug-likeness (QED) is 0.348. The Morgan fingerprint density at radius 2 is 2.50 bits per heavy atom. The molecule has 0 heterocycles. The lowest BCUT2D eigenvalue weighted by atomic mass is 10.7. The number of rotatable bonds is 3. The highest BCUT2D eigenvalue weighted by Gasteiger charge is 1.71. The van der Waals surface area contributed by atoms with Gasteiger partial charge in [0.25, 0.3) is 0 Å². The largest absolute Gasteiger partial charge is 0.427 e. The lowest BCUT2D eigenvalue weighted by molar-refractivity contribution is 0.349. The molecular formula is C3H11NOSi. The number of hydrogen-bond donors (Lipinski definition) is 1. The van der Waals surface area contributed by atoms with Crippen molar-refractivity contribution in [1.29, 1.82) is 0 Å². The number of likely N-dealkylation sites (N-methyl/N-ethyl adjacent to an activating group) is 1. The SMILES string of the molecule is CNCCO[SiH3]. The van der Waals surface area contributed by atoms with E-state index in [0.29, 0.717) is 0 Å². The average Bonchev–Trinajstić information content (AvgIpc) is 1.61. The summed E-state index contributed by atoms with van der Waals surface area (Å²) < 4.78 is 4.86. The zero-order chi connectivity index (χ0) is 4.83. The van der Waals surface area contributed by atoms with Gasteiger partial charge in [-0.15, -0.1) is 0 Å². The molecular weight excluding hydrogens is 94.1 g/mol. The van der Waals surface area contributed by atoms with Crippen molar-refractivity contribution in [3.05, 3.63) is 0 Å². The molecule has 0 radical (unpaired) electrons. The summed E-state index contributed by atoms with van der Waals surface area (Å²) in [7, 11) is 2.78. The summed E-state index contributed by atoms with van der Waals surface area (Å²) >= 11 is 0. The van der Waals surface area contributed by atoms with Crippen LogP contribution in [0.15, 0.2) is 0 Å². The van der Waals surface area contributed by atoms with Gasteiger partial charge in [-0.1, -0.05) is 0 Å². The molecule has 0 aliphatic carbocycles. The van der Waals surface area contributed by atoms with Crippen molar-refractivity contribution in [2.75, 3.05) is 20.2 Å². The van der Waals surface area contributed by atoms with Crippen molar-refractivity contribution in [2.45, 2.75) is 0 Å². The maximum Gasteiger partial charge on any atom is 0.146 e. The van der Waals surface area contributed by atoms with Crippen LogP contribution in [0.25, 0.3) is 0 Å². The van der Waals surface area contributed by atoms with E-state index in [4.69, 9.17) is 4.43 Å². The molecule has 6 heavy (non-hydrogen) atoms. The second-order valence-corrected chi connectivity index (χ2v) is 1.67. The van der Waals surface area contributed by atoms with Crippen molar-refractivity contribution in [3.8, 4) is 0 Å². The van der Waals surface area contributed by atoms with Crippen LogP contribution in [0.5, 0.6) is 0 Å². The normalized spacial score (nSPS) is 9.50. The summed E-state index contributed by atoms with van der Waals surface area (Å²) in [6.07, 6.45) is 0. The van der Waals surface area contributed by atoms with Crippen LogP contribution in [-0.4, -0.2) is 30.7 Å². The Balaban J connectivity index is 2.34. The van der Waals surface area contributed by atoms with Gasteiger partial charge in [-0.3, -0.25) is 0 Å². The van der Waals surface area contributed by atoms with Crippen molar-refractivity contribution >= 4 is 10.5 Å². The Hall–Kier alpha value is 0.137. The topological polar surface area (TPSA) is 21.3 Å². The van der Waals surface area contributed by atoms with Crippen LogP contribution in [0.2, 0.25) is 0 Å². The smallest absolute Gasteiger partial charge is 0.146 e. The molecule has 0 bridgehead atoms. The molecule has 1 N–H and O–H groups in total. The molecule has 0 rings (SSSR count). The predicted octanol–water partition coefficient (Wildman–Crippen LogP) is -1.50. The van der Waals surface area contributed by atoms with Gasteiger partial charge < -0.3 is 9.74 Å². The monoisotopic (exact) mass is 105 g/mol. The molecule has 0 aliphatic rings. The van der Waals surface area contributed by atoms with Gasteiger partial charge in [-0.2, -0.15) is 0 Å². The first-order valence-corrected chi connectivity index (χ1v) is 2.87. The Labute approximate surface area is 41.4 Å². The molecule has 2 nitrogen and oxygen atoms in total. The Morgan fingerprint density at radius 1 is 1.83 bits per heavy atom.